The molecule has 1 amide bonds. The maximum atomic E-state index is 13.9. The molecule has 0 saturated heterocycles. The molecule has 34 heavy (non-hydrogen) atoms. The summed E-state index contributed by atoms with van der Waals surface area (Å²) in [5.41, 5.74) is 0.0774. The van der Waals surface area contributed by atoms with E-state index >= 15 is 0 Å². The molecule has 0 saturated carbocycles. The molecule has 3 aromatic rings. The van der Waals surface area contributed by atoms with Gasteiger partial charge in [0.1, 0.15) is 12.4 Å². The van der Waals surface area contributed by atoms with E-state index in [1.54, 1.807) is 31.2 Å². The normalized spacial score (nSPS) is 10.9. The van der Waals surface area contributed by atoms with E-state index in [1.165, 1.54) is 42.5 Å². The summed E-state index contributed by atoms with van der Waals surface area (Å²) >= 11 is 3.29. The first-order valence-electron chi connectivity index (χ1n) is 9.99. The van der Waals surface area contributed by atoms with Crippen LogP contribution in [0.2, 0.25) is 0 Å². The predicted molar refractivity (Wildman–Crippen MR) is 126 cm³/mol. The highest BCUT2D eigenvalue weighted by molar-refractivity contribution is 9.10. The molecule has 0 spiro atoms. The number of anilines is 1. The topological polar surface area (TPSA) is 102 Å². The highest BCUT2D eigenvalue weighted by atomic mass is 79.9. The fourth-order valence-corrected chi connectivity index (χ4v) is 4.27. The van der Waals surface area contributed by atoms with Gasteiger partial charge in [-0.25, -0.2) is 4.39 Å². The van der Waals surface area contributed by atoms with Gasteiger partial charge in [-0.3, -0.25) is 9.59 Å². The van der Waals surface area contributed by atoms with Crippen molar-refractivity contribution in [3.63, 3.8) is 0 Å². The van der Waals surface area contributed by atoms with Crippen molar-refractivity contribution in [2.45, 2.75) is 11.8 Å². The third-order valence-corrected chi connectivity index (χ3v) is 6.47. The summed E-state index contributed by atoms with van der Waals surface area (Å²) in [7, 11) is -4.33. The third kappa shape index (κ3) is 6.33. The summed E-state index contributed by atoms with van der Waals surface area (Å²) in [4.78, 5) is 29.1. The van der Waals surface area contributed by atoms with Gasteiger partial charge in [0.2, 0.25) is 0 Å². The Morgan fingerprint density at radius 1 is 1.03 bits per heavy atom. The number of amides is 1. The lowest BCUT2D eigenvalue weighted by Crippen LogP contribution is -2.34. The Morgan fingerprint density at radius 3 is 2.32 bits per heavy atom. The van der Waals surface area contributed by atoms with E-state index in [1.807, 2.05) is 0 Å². The van der Waals surface area contributed by atoms with E-state index in [0.717, 1.165) is 10.5 Å². The lowest BCUT2D eigenvalue weighted by atomic mass is 10.2. The van der Waals surface area contributed by atoms with Gasteiger partial charge in [-0.2, -0.15) is 8.42 Å². The number of hydrogen-bond donors (Lipinski definition) is 1. The number of carbonyl (C=O) groups is 2. The van der Waals surface area contributed by atoms with Crippen LogP contribution >= 0.6 is 15.9 Å². The monoisotopic (exact) mass is 550 g/mol. The Kier molecular flexibility index (Phi) is 8.24. The summed E-state index contributed by atoms with van der Waals surface area (Å²) in [6, 6.07) is 16.4. The highest BCUT2D eigenvalue weighted by Crippen LogP contribution is 2.27. The minimum atomic E-state index is -4.33. The number of rotatable bonds is 9. The zero-order valence-corrected chi connectivity index (χ0v) is 20.3. The smallest absolute Gasteiger partial charge is 0.325 e. The van der Waals surface area contributed by atoms with Gasteiger partial charge in [-0.05, 0) is 67.6 Å². The number of carbonyl (C=O) groups excluding carboxylic acids is 2. The molecule has 178 valence electrons. The van der Waals surface area contributed by atoms with Crippen LogP contribution in [0.5, 0.6) is 5.75 Å². The van der Waals surface area contributed by atoms with Crippen LogP contribution < -0.4 is 14.6 Å². The second kappa shape index (κ2) is 11.1. The summed E-state index contributed by atoms with van der Waals surface area (Å²) in [6.07, 6.45) is 0. The van der Waals surface area contributed by atoms with E-state index in [9.17, 15) is 22.4 Å². The number of sulfonamides is 1. The molecule has 0 heterocycles. The average molecular weight is 551 g/mol. The van der Waals surface area contributed by atoms with E-state index in [4.69, 9.17) is 9.57 Å². The summed E-state index contributed by atoms with van der Waals surface area (Å²) in [5, 5.41) is 2.39. The fourth-order valence-electron chi connectivity index (χ4n) is 2.76. The molecule has 3 aromatic carbocycles. The van der Waals surface area contributed by atoms with Gasteiger partial charge >= 0.3 is 5.97 Å². The molecule has 0 bridgehead atoms. The van der Waals surface area contributed by atoms with Crippen molar-refractivity contribution in [3.8, 4) is 5.75 Å². The van der Waals surface area contributed by atoms with E-state index in [-0.39, 0.29) is 35.0 Å². The lowest BCUT2D eigenvalue weighted by molar-refractivity contribution is -0.141. The summed E-state index contributed by atoms with van der Waals surface area (Å²) in [6.45, 7) is 1.51. The molecule has 0 aliphatic rings. The standard InChI is InChI=1S/C23H20BrFN2O6S/c1-2-32-22(28)15-26-23(29)16-6-12-21(13-7-16)34(30,31)27(19-5-3-4-18(25)14-19)33-20-10-8-17(24)9-11-20/h3-14H,2,15H2,1H3,(H,26,29). The number of esters is 1. The van der Waals surface area contributed by atoms with Gasteiger partial charge in [-0.15, -0.1) is 0 Å². The van der Waals surface area contributed by atoms with Gasteiger partial charge < -0.3 is 14.9 Å². The number of hydrogen-bond acceptors (Lipinski definition) is 6. The number of ether oxygens (including phenoxy) is 1. The van der Waals surface area contributed by atoms with Crippen LogP contribution in [0.15, 0.2) is 82.2 Å². The van der Waals surface area contributed by atoms with E-state index in [0.29, 0.717) is 4.47 Å². The van der Waals surface area contributed by atoms with Gasteiger partial charge in [0.15, 0.2) is 5.75 Å². The molecule has 0 atom stereocenters. The number of nitrogens with one attached hydrogen (secondary N) is 1. The second-order valence-electron chi connectivity index (χ2n) is 6.77. The number of nitrogens with zero attached hydrogens (tertiary/aromatic N) is 1. The Balaban J connectivity index is 1.87. The van der Waals surface area contributed by atoms with Crippen LogP contribution in [0.3, 0.4) is 0 Å². The Hall–Kier alpha value is -3.44. The average Bonchev–Trinajstić information content (AvgIpc) is 2.82. The molecule has 11 heteroatoms. The predicted octanol–water partition coefficient (Wildman–Crippen LogP) is 4.07. The van der Waals surface area contributed by atoms with Crippen molar-refractivity contribution < 1.29 is 32.0 Å². The molecule has 8 nitrogen and oxygen atoms in total. The van der Waals surface area contributed by atoms with Crippen LogP contribution in [0.4, 0.5) is 10.1 Å². The van der Waals surface area contributed by atoms with E-state index in [2.05, 4.69) is 21.2 Å². The van der Waals surface area contributed by atoms with Gasteiger partial charge in [0.25, 0.3) is 15.9 Å². The Bertz CT molecular complexity index is 1270. The summed E-state index contributed by atoms with van der Waals surface area (Å²) in [5.74, 6) is -1.62. The molecule has 3 rings (SSSR count). The Labute approximate surface area is 204 Å². The first-order chi connectivity index (χ1) is 16.2. The largest absolute Gasteiger partial charge is 0.465 e. The zero-order chi connectivity index (χ0) is 24.7. The van der Waals surface area contributed by atoms with Crippen molar-refractivity contribution in [3.05, 3.63) is 88.6 Å². The second-order valence-corrected chi connectivity index (χ2v) is 9.44. The van der Waals surface area contributed by atoms with Crippen LogP contribution in [-0.2, 0) is 19.6 Å². The first kappa shape index (κ1) is 25.2. The van der Waals surface area contributed by atoms with Crippen LogP contribution in [-0.4, -0.2) is 33.4 Å². The maximum Gasteiger partial charge on any atom is 0.325 e. The minimum absolute atomic E-state index is 0.0563. The van der Waals surface area contributed by atoms with Gasteiger partial charge in [0, 0.05) is 16.1 Å². The molecule has 0 aliphatic heterocycles. The van der Waals surface area contributed by atoms with E-state index < -0.39 is 27.7 Å². The van der Waals surface area contributed by atoms with Crippen LogP contribution in [0.25, 0.3) is 0 Å². The number of benzene rings is 3. The molecule has 0 aromatic heterocycles. The number of halogens is 2. The molecule has 0 radical (unpaired) electrons. The molecule has 0 fully saturated rings. The van der Waals surface area contributed by atoms with Gasteiger partial charge in [0.05, 0.1) is 17.2 Å². The minimum Gasteiger partial charge on any atom is -0.465 e. The Morgan fingerprint density at radius 2 is 1.71 bits per heavy atom. The van der Waals surface area contributed by atoms with Crippen molar-refractivity contribution in [2.75, 3.05) is 17.6 Å². The molecule has 0 aliphatic carbocycles. The molecular weight excluding hydrogens is 531 g/mol. The van der Waals surface area contributed by atoms with Crippen LogP contribution in [0, 0.1) is 5.82 Å². The molecule has 1 N–H and O–H groups in total. The quantitative estimate of drug-likeness (QED) is 0.318. The van der Waals surface area contributed by atoms with Crippen molar-refractivity contribution in [2.24, 2.45) is 0 Å². The molecular formula is C23H20BrFN2O6S. The third-order valence-electron chi connectivity index (χ3n) is 4.35. The lowest BCUT2D eigenvalue weighted by Gasteiger charge is -2.24. The maximum absolute atomic E-state index is 13.9. The SMILES string of the molecule is CCOC(=O)CNC(=O)c1ccc(S(=O)(=O)N(Oc2ccc(Br)cc2)c2cccc(F)c2)cc1. The zero-order valence-electron chi connectivity index (χ0n) is 17.9. The van der Waals surface area contributed by atoms with Crippen molar-refractivity contribution in [1.29, 1.82) is 0 Å². The fraction of sp³-hybridized carbons (Fsp3) is 0.130. The van der Waals surface area contributed by atoms with Crippen molar-refractivity contribution >= 4 is 43.5 Å². The van der Waals surface area contributed by atoms with Gasteiger partial charge in [-0.1, -0.05) is 26.5 Å². The summed E-state index contributed by atoms with van der Waals surface area (Å²) < 4.78 is 46.8. The van der Waals surface area contributed by atoms with Crippen molar-refractivity contribution in [1.82, 2.24) is 5.32 Å². The highest BCUT2D eigenvalue weighted by Gasteiger charge is 2.28. The molecule has 0 unspecified atom stereocenters. The first-order valence-corrected chi connectivity index (χ1v) is 12.2. The van der Waals surface area contributed by atoms with Crippen LogP contribution in [0.1, 0.15) is 17.3 Å².